The summed E-state index contributed by atoms with van der Waals surface area (Å²) in [4.78, 5) is 16.5. The number of nitrogens with zero attached hydrogens (tertiary/aromatic N) is 2. The Hall–Kier alpha value is -0.650. The van der Waals surface area contributed by atoms with Crippen molar-refractivity contribution >= 4 is 5.91 Å². The van der Waals surface area contributed by atoms with Crippen LogP contribution in [0.2, 0.25) is 0 Å². The van der Waals surface area contributed by atoms with Gasteiger partial charge in [-0.05, 0) is 53.6 Å². The van der Waals surface area contributed by atoms with Crippen molar-refractivity contribution in [3.63, 3.8) is 0 Å². The Morgan fingerprint density at radius 2 is 1.95 bits per heavy atom. The molecular weight excluding hydrogens is 280 g/mol. The fraction of sp³-hybridized carbons (Fsp3) is 0.941. The van der Waals surface area contributed by atoms with Crippen LogP contribution in [0.1, 0.15) is 47.0 Å². The van der Waals surface area contributed by atoms with Crippen molar-refractivity contribution in [2.24, 2.45) is 5.41 Å². The van der Waals surface area contributed by atoms with Gasteiger partial charge in [0.2, 0.25) is 5.91 Å². The number of likely N-dealkylation sites (N-methyl/N-ethyl adjacent to an activating group) is 1. The molecule has 5 nitrogen and oxygen atoms in total. The van der Waals surface area contributed by atoms with E-state index >= 15 is 0 Å². The van der Waals surface area contributed by atoms with E-state index in [4.69, 9.17) is 4.74 Å². The number of ether oxygens (including phenoxy) is 1. The molecule has 3 atom stereocenters. The summed E-state index contributed by atoms with van der Waals surface area (Å²) in [6.45, 7) is 10.5. The van der Waals surface area contributed by atoms with Gasteiger partial charge in [0.15, 0.2) is 0 Å². The first-order valence-electron chi connectivity index (χ1n) is 8.64. The highest BCUT2D eigenvalue weighted by Crippen LogP contribution is 2.51. The van der Waals surface area contributed by atoms with Crippen molar-refractivity contribution < 1.29 is 14.6 Å². The smallest absolute Gasteiger partial charge is 0.239 e. The van der Waals surface area contributed by atoms with Crippen LogP contribution in [0.3, 0.4) is 0 Å². The molecule has 1 N–H and O–H groups in total. The molecule has 1 heterocycles. The van der Waals surface area contributed by atoms with Crippen LogP contribution in [0.4, 0.5) is 0 Å². The Morgan fingerprint density at radius 1 is 1.36 bits per heavy atom. The number of aliphatic hydroxyl groups is 1. The van der Waals surface area contributed by atoms with Crippen LogP contribution < -0.4 is 0 Å². The van der Waals surface area contributed by atoms with Crippen LogP contribution >= 0.6 is 0 Å². The van der Waals surface area contributed by atoms with Crippen LogP contribution in [0.5, 0.6) is 0 Å². The number of piperidine rings is 1. The molecule has 0 aromatic carbocycles. The van der Waals surface area contributed by atoms with Gasteiger partial charge in [-0.25, -0.2) is 0 Å². The van der Waals surface area contributed by atoms with Gasteiger partial charge in [0.1, 0.15) is 0 Å². The second-order valence-electron chi connectivity index (χ2n) is 7.18. The maximum absolute atomic E-state index is 12.5. The van der Waals surface area contributed by atoms with E-state index in [2.05, 4.69) is 4.90 Å². The van der Waals surface area contributed by atoms with Gasteiger partial charge in [-0.15, -0.1) is 0 Å². The summed E-state index contributed by atoms with van der Waals surface area (Å²) in [7, 11) is 1.87. The van der Waals surface area contributed by atoms with Crippen molar-refractivity contribution in [2.45, 2.75) is 71.2 Å². The molecule has 128 valence electrons. The molecule has 1 aliphatic carbocycles. The molecule has 1 aliphatic heterocycles. The SMILES string of the molecule is CCO[C@@H]1C[C@@H](O)C12CCN([C@H](C)C(=O)N(C)C(C)C)CC2. The van der Waals surface area contributed by atoms with Gasteiger partial charge >= 0.3 is 0 Å². The maximum atomic E-state index is 12.5. The van der Waals surface area contributed by atoms with Gasteiger partial charge < -0.3 is 14.7 Å². The summed E-state index contributed by atoms with van der Waals surface area (Å²) in [6, 6.07) is 0.134. The van der Waals surface area contributed by atoms with Crippen LogP contribution in [-0.2, 0) is 9.53 Å². The summed E-state index contributed by atoms with van der Waals surface area (Å²) in [5.41, 5.74) is -0.0702. The second-order valence-corrected chi connectivity index (χ2v) is 7.18. The molecule has 0 unspecified atom stereocenters. The summed E-state index contributed by atoms with van der Waals surface area (Å²) >= 11 is 0. The number of hydrogen-bond donors (Lipinski definition) is 1. The van der Waals surface area contributed by atoms with Crippen LogP contribution in [0, 0.1) is 5.41 Å². The van der Waals surface area contributed by atoms with Crippen molar-refractivity contribution in [3.8, 4) is 0 Å². The van der Waals surface area contributed by atoms with Crippen LogP contribution in [-0.4, -0.2) is 71.8 Å². The fourth-order valence-electron chi connectivity index (χ4n) is 3.85. The third-order valence-electron chi connectivity index (χ3n) is 5.87. The lowest BCUT2D eigenvalue weighted by molar-refractivity contribution is -0.211. The first kappa shape index (κ1) is 17.7. The molecule has 0 aromatic rings. The minimum Gasteiger partial charge on any atom is -0.392 e. The predicted molar refractivity (Wildman–Crippen MR) is 86.6 cm³/mol. The van der Waals surface area contributed by atoms with Gasteiger partial charge in [0, 0.05) is 31.5 Å². The summed E-state index contributed by atoms with van der Waals surface area (Å²) < 4.78 is 5.80. The molecule has 1 saturated heterocycles. The zero-order valence-corrected chi connectivity index (χ0v) is 14.7. The molecule has 2 aliphatic rings. The van der Waals surface area contributed by atoms with E-state index in [9.17, 15) is 9.90 Å². The van der Waals surface area contributed by atoms with E-state index in [1.165, 1.54) is 0 Å². The van der Waals surface area contributed by atoms with E-state index in [1.54, 1.807) is 0 Å². The van der Waals surface area contributed by atoms with Gasteiger partial charge in [-0.1, -0.05) is 0 Å². The average Bonchev–Trinajstić information content (AvgIpc) is 2.52. The Morgan fingerprint density at radius 3 is 2.41 bits per heavy atom. The summed E-state index contributed by atoms with van der Waals surface area (Å²) in [5, 5.41) is 10.2. The zero-order chi connectivity index (χ0) is 16.5. The maximum Gasteiger partial charge on any atom is 0.239 e. The molecular formula is C17H32N2O3. The third kappa shape index (κ3) is 3.03. The van der Waals surface area contributed by atoms with E-state index < -0.39 is 0 Å². The zero-order valence-electron chi connectivity index (χ0n) is 14.7. The normalized spacial score (nSPS) is 29.4. The highest BCUT2D eigenvalue weighted by molar-refractivity contribution is 5.81. The van der Waals surface area contributed by atoms with Gasteiger partial charge in [-0.2, -0.15) is 0 Å². The van der Waals surface area contributed by atoms with Crippen molar-refractivity contribution in [1.82, 2.24) is 9.80 Å². The number of aliphatic hydroxyl groups excluding tert-OH is 1. The summed E-state index contributed by atoms with van der Waals surface area (Å²) in [5.74, 6) is 0.182. The fourth-order valence-corrected chi connectivity index (χ4v) is 3.85. The molecule has 1 amide bonds. The van der Waals surface area contributed by atoms with Gasteiger partial charge in [-0.3, -0.25) is 9.69 Å². The Labute approximate surface area is 134 Å². The lowest BCUT2D eigenvalue weighted by Gasteiger charge is -2.57. The third-order valence-corrected chi connectivity index (χ3v) is 5.87. The van der Waals surface area contributed by atoms with E-state index in [-0.39, 0.29) is 35.6 Å². The Kier molecular flexibility index (Phi) is 5.51. The summed E-state index contributed by atoms with van der Waals surface area (Å²) in [6.07, 6.45) is 2.55. The molecule has 5 heteroatoms. The van der Waals surface area contributed by atoms with E-state index in [1.807, 2.05) is 39.6 Å². The number of carbonyl (C=O) groups is 1. The molecule has 0 aromatic heterocycles. The van der Waals surface area contributed by atoms with Crippen LogP contribution in [0.15, 0.2) is 0 Å². The van der Waals surface area contributed by atoms with E-state index in [0.29, 0.717) is 6.61 Å². The topological polar surface area (TPSA) is 53.0 Å². The van der Waals surface area contributed by atoms with Crippen LogP contribution in [0.25, 0.3) is 0 Å². The Balaban J connectivity index is 1.93. The molecule has 0 radical (unpaired) electrons. The molecule has 2 fully saturated rings. The number of amides is 1. The monoisotopic (exact) mass is 312 g/mol. The quantitative estimate of drug-likeness (QED) is 0.836. The van der Waals surface area contributed by atoms with Gasteiger partial charge in [0.25, 0.3) is 0 Å². The largest absolute Gasteiger partial charge is 0.392 e. The minimum atomic E-state index is -0.240. The number of likely N-dealkylation sites (tertiary alicyclic amines) is 1. The second kappa shape index (κ2) is 6.85. The van der Waals surface area contributed by atoms with Crippen molar-refractivity contribution in [1.29, 1.82) is 0 Å². The Bertz CT molecular complexity index is 389. The molecule has 1 saturated carbocycles. The number of rotatable bonds is 5. The molecule has 0 bridgehead atoms. The van der Waals surface area contributed by atoms with E-state index in [0.717, 1.165) is 32.4 Å². The standard InChI is InChI=1S/C17H32N2O3/c1-6-22-15-11-14(20)17(15)7-9-19(10-8-17)13(4)16(21)18(5)12(2)3/h12-15,20H,6-11H2,1-5H3/t13-,14-,15-/m1/s1. The predicted octanol–water partition coefficient (Wildman–Crippen LogP) is 1.49. The first-order chi connectivity index (χ1) is 10.3. The number of carbonyl (C=O) groups excluding carboxylic acids is 1. The lowest BCUT2D eigenvalue weighted by Crippen LogP contribution is -2.63. The first-order valence-corrected chi connectivity index (χ1v) is 8.64. The molecule has 2 rings (SSSR count). The minimum absolute atomic E-state index is 0.0702. The average molecular weight is 312 g/mol. The van der Waals surface area contributed by atoms with Crippen molar-refractivity contribution in [2.75, 3.05) is 26.7 Å². The molecule has 22 heavy (non-hydrogen) atoms. The van der Waals surface area contributed by atoms with Crippen molar-refractivity contribution in [3.05, 3.63) is 0 Å². The highest BCUT2D eigenvalue weighted by atomic mass is 16.5. The lowest BCUT2D eigenvalue weighted by atomic mass is 9.58. The van der Waals surface area contributed by atoms with Gasteiger partial charge in [0.05, 0.1) is 18.2 Å². The number of hydrogen-bond acceptors (Lipinski definition) is 4. The molecule has 1 spiro atoms. The highest BCUT2D eigenvalue weighted by Gasteiger charge is 2.56.